The molecule has 1 aliphatic heterocycles. The van der Waals surface area contributed by atoms with Crippen LogP contribution >= 0.6 is 11.3 Å². The molecule has 1 amide bonds. The zero-order valence-corrected chi connectivity index (χ0v) is 17.0. The molecule has 1 N–H and O–H groups in total. The van der Waals surface area contributed by atoms with Gasteiger partial charge in [0.15, 0.2) is 0 Å². The molecule has 3 aromatic rings. The highest BCUT2D eigenvalue weighted by Gasteiger charge is 2.36. The van der Waals surface area contributed by atoms with Crippen LogP contribution in [-0.4, -0.2) is 38.6 Å². The Bertz CT molecular complexity index is 1120. The maximum Gasteiger partial charge on any atom is 0.264 e. The number of likely N-dealkylation sites (tertiary alicyclic amines) is 1. The second-order valence-corrected chi connectivity index (χ2v) is 8.59. The summed E-state index contributed by atoms with van der Waals surface area (Å²) in [6.45, 7) is 4.76. The van der Waals surface area contributed by atoms with Gasteiger partial charge in [-0.05, 0) is 37.8 Å². The predicted molar refractivity (Wildman–Crippen MR) is 110 cm³/mol. The van der Waals surface area contributed by atoms with Crippen molar-refractivity contribution < 1.29 is 9.90 Å². The summed E-state index contributed by atoms with van der Waals surface area (Å²) < 4.78 is 1.43. The Kier molecular flexibility index (Phi) is 4.59. The van der Waals surface area contributed by atoms with E-state index in [9.17, 15) is 14.7 Å². The molecule has 1 saturated heterocycles. The average molecular weight is 398 g/mol. The van der Waals surface area contributed by atoms with E-state index in [2.05, 4.69) is 4.98 Å². The molecule has 6 nitrogen and oxygen atoms in total. The molecule has 146 valence electrons. The summed E-state index contributed by atoms with van der Waals surface area (Å²) in [5.41, 5.74) is 1.67. The maximum absolute atomic E-state index is 13.1. The first-order valence-electron chi connectivity index (χ1n) is 9.34. The molecule has 1 fully saturated rings. The average Bonchev–Trinajstić information content (AvgIpc) is 3.02. The number of hydrogen-bond donors (Lipinski definition) is 1. The number of aliphatic hydroxyl groups is 1. The molecule has 28 heavy (non-hydrogen) atoms. The minimum atomic E-state index is -0.907. The number of benzene rings is 1. The molecular formula is C21H23N3O3S. The number of thiophene rings is 1. The molecule has 0 saturated carbocycles. The van der Waals surface area contributed by atoms with E-state index in [4.69, 9.17) is 0 Å². The Morgan fingerprint density at radius 2 is 1.96 bits per heavy atom. The smallest absolute Gasteiger partial charge is 0.264 e. The molecule has 0 atom stereocenters. The summed E-state index contributed by atoms with van der Waals surface area (Å²) in [5.74, 6) is -0.0890. The normalized spacial score (nSPS) is 16.5. The van der Waals surface area contributed by atoms with Gasteiger partial charge in [-0.1, -0.05) is 29.8 Å². The van der Waals surface area contributed by atoms with Crippen molar-refractivity contribution in [3.05, 3.63) is 62.5 Å². The molecule has 2 aromatic heterocycles. The third-order valence-corrected chi connectivity index (χ3v) is 6.83. The summed E-state index contributed by atoms with van der Waals surface area (Å²) in [5, 5.41) is 11.6. The van der Waals surface area contributed by atoms with E-state index in [1.165, 1.54) is 22.2 Å². The van der Waals surface area contributed by atoms with Gasteiger partial charge in [0.25, 0.3) is 11.5 Å². The number of carbonyl (C=O) groups excluding carboxylic acids is 1. The van der Waals surface area contributed by atoms with Crippen molar-refractivity contribution in [1.82, 2.24) is 14.5 Å². The number of carbonyl (C=O) groups is 1. The van der Waals surface area contributed by atoms with Crippen molar-refractivity contribution in [3.63, 3.8) is 0 Å². The van der Waals surface area contributed by atoms with Crippen LogP contribution in [0.3, 0.4) is 0 Å². The Morgan fingerprint density at radius 1 is 1.25 bits per heavy atom. The quantitative estimate of drug-likeness (QED) is 0.721. The van der Waals surface area contributed by atoms with E-state index in [1.54, 1.807) is 11.9 Å². The molecule has 0 spiro atoms. The van der Waals surface area contributed by atoms with Crippen molar-refractivity contribution in [3.8, 4) is 0 Å². The fourth-order valence-electron chi connectivity index (χ4n) is 3.86. The van der Waals surface area contributed by atoms with E-state index < -0.39 is 5.60 Å². The summed E-state index contributed by atoms with van der Waals surface area (Å²) in [4.78, 5) is 32.7. The SMILES string of the molecule is Cc1cccc(C2(O)CCN(C(=O)c3sc4ncn(C)c(=O)c4c3C)CC2)c1. The molecule has 0 unspecified atom stereocenters. The number of rotatable bonds is 2. The van der Waals surface area contributed by atoms with Gasteiger partial charge < -0.3 is 14.6 Å². The fourth-order valence-corrected chi connectivity index (χ4v) is 4.97. The number of piperidine rings is 1. The number of hydrogen-bond acceptors (Lipinski definition) is 5. The Labute approximate surface area is 167 Å². The summed E-state index contributed by atoms with van der Waals surface area (Å²) in [6, 6.07) is 7.92. The Morgan fingerprint density at radius 3 is 2.64 bits per heavy atom. The van der Waals surface area contributed by atoms with E-state index in [1.807, 2.05) is 38.1 Å². The van der Waals surface area contributed by atoms with Crippen LogP contribution in [0.5, 0.6) is 0 Å². The van der Waals surface area contributed by atoms with Crippen LogP contribution in [-0.2, 0) is 12.6 Å². The maximum atomic E-state index is 13.1. The predicted octanol–water partition coefficient (Wildman–Crippen LogP) is 2.74. The largest absolute Gasteiger partial charge is 0.385 e. The van der Waals surface area contributed by atoms with Gasteiger partial charge in [0.05, 0.1) is 22.2 Å². The van der Waals surface area contributed by atoms with E-state index >= 15 is 0 Å². The lowest BCUT2D eigenvalue weighted by Gasteiger charge is -2.38. The molecule has 0 aliphatic carbocycles. The number of nitrogens with zero attached hydrogens (tertiary/aromatic N) is 3. The minimum absolute atomic E-state index is 0.0890. The summed E-state index contributed by atoms with van der Waals surface area (Å²) in [6.07, 6.45) is 2.47. The van der Waals surface area contributed by atoms with Crippen LogP contribution in [0.1, 0.15) is 39.2 Å². The first-order valence-corrected chi connectivity index (χ1v) is 10.2. The van der Waals surface area contributed by atoms with Crippen molar-refractivity contribution in [2.24, 2.45) is 7.05 Å². The Hall–Kier alpha value is -2.51. The molecular weight excluding hydrogens is 374 g/mol. The van der Waals surface area contributed by atoms with Crippen LogP contribution in [0.15, 0.2) is 35.4 Å². The van der Waals surface area contributed by atoms with Crippen molar-refractivity contribution in [2.75, 3.05) is 13.1 Å². The lowest BCUT2D eigenvalue weighted by molar-refractivity contribution is -0.0210. The minimum Gasteiger partial charge on any atom is -0.385 e. The van der Waals surface area contributed by atoms with Crippen molar-refractivity contribution in [2.45, 2.75) is 32.3 Å². The molecule has 3 heterocycles. The van der Waals surface area contributed by atoms with E-state index in [0.29, 0.717) is 46.6 Å². The monoisotopic (exact) mass is 397 g/mol. The van der Waals surface area contributed by atoms with Crippen LogP contribution in [0.2, 0.25) is 0 Å². The zero-order valence-electron chi connectivity index (χ0n) is 16.2. The standard InChI is InChI=1S/C21H23N3O3S/c1-13-5-4-6-15(11-13)21(27)7-9-24(10-8-21)20(26)17-14(2)16-18(28-17)22-12-23(3)19(16)25/h4-6,11-12,27H,7-10H2,1-3H3. The second-order valence-electron chi connectivity index (χ2n) is 7.59. The van der Waals surface area contributed by atoms with Crippen LogP contribution in [0, 0.1) is 13.8 Å². The van der Waals surface area contributed by atoms with E-state index in [-0.39, 0.29) is 11.5 Å². The molecule has 0 bridgehead atoms. The zero-order chi connectivity index (χ0) is 20.1. The number of aromatic nitrogens is 2. The molecule has 4 rings (SSSR count). The molecule has 7 heteroatoms. The first kappa shape index (κ1) is 18.8. The van der Waals surface area contributed by atoms with Crippen LogP contribution in [0.25, 0.3) is 10.2 Å². The van der Waals surface area contributed by atoms with Crippen LogP contribution < -0.4 is 5.56 Å². The van der Waals surface area contributed by atoms with Gasteiger partial charge >= 0.3 is 0 Å². The lowest BCUT2D eigenvalue weighted by Crippen LogP contribution is -2.45. The van der Waals surface area contributed by atoms with Gasteiger partial charge in [-0.15, -0.1) is 11.3 Å². The van der Waals surface area contributed by atoms with Gasteiger partial charge in [-0.3, -0.25) is 9.59 Å². The second kappa shape index (κ2) is 6.83. The van der Waals surface area contributed by atoms with Gasteiger partial charge in [-0.2, -0.15) is 0 Å². The highest BCUT2D eigenvalue weighted by atomic mass is 32.1. The number of amides is 1. The van der Waals surface area contributed by atoms with Gasteiger partial charge in [0.1, 0.15) is 4.83 Å². The highest BCUT2D eigenvalue weighted by molar-refractivity contribution is 7.20. The van der Waals surface area contributed by atoms with Gasteiger partial charge in [0.2, 0.25) is 0 Å². The third-order valence-electron chi connectivity index (χ3n) is 5.64. The third kappa shape index (κ3) is 3.04. The van der Waals surface area contributed by atoms with Crippen molar-refractivity contribution >= 4 is 27.5 Å². The Balaban J connectivity index is 1.58. The van der Waals surface area contributed by atoms with E-state index in [0.717, 1.165) is 11.1 Å². The molecule has 0 radical (unpaired) electrons. The summed E-state index contributed by atoms with van der Waals surface area (Å²) in [7, 11) is 1.66. The lowest BCUT2D eigenvalue weighted by atomic mass is 9.84. The fraction of sp³-hybridized carbons (Fsp3) is 0.381. The number of aryl methyl sites for hydroxylation is 3. The molecule has 1 aromatic carbocycles. The highest BCUT2D eigenvalue weighted by Crippen LogP contribution is 2.35. The van der Waals surface area contributed by atoms with Crippen molar-refractivity contribution in [1.29, 1.82) is 0 Å². The number of fused-ring (bicyclic) bond motifs is 1. The summed E-state index contributed by atoms with van der Waals surface area (Å²) >= 11 is 1.27. The topological polar surface area (TPSA) is 75.4 Å². The van der Waals surface area contributed by atoms with Crippen LogP contribution in [0.4, 0.5) is 0 Å². The van der Waals surface area contributed by atoms with Gasteiger partial charge in [0, 0.05) is 20.1 Å². The first-order chi connectivity index (χ1) is 13.3. The van der Waals surface area contributed by atoms with Gasteiger partial charge in [-0.25, -0.2) is 4.98 Å². The molecule has 1 aliphatic rings.